The van der Waals surface area contributed by atoms with E-state index in [4.69, 9.17) is 5.11 Å². The van der Waals surface area contributed by atoms with Crippen LogP contribution in [-0.2, 0) is 0 Å². The second kappa shape index (κ2) is 6.66. The van der Waals surface area contributed by atoms with Crippen molar-refractivity contribution < 1.29 is 5.11 Å². The highest BCUT2D eigenvalue weighted by molar-refractivity contribution is 4.63. The molecule has 0 spiro atoms. The third-order valence-electron chi connectivity index (χ3n) is 2.58. The molecule has 0 bridgehead atoms. The molecule has 0 amide bonds. The predicted octanol–water partition coefficient (Wildman–Crippen LogP) is 2.83. The van der Waals surface area contributed by atoms with Crippen molar-refractivity contribution in [1.82, 2.24) is 0 Å². The Morgan fingerprint density at radius 2 is 1.91 bits per heavy atom. The number of unbranched alkanes of at least 4 members (excludes halogenated alkanes) is 1. The number of aliphatic hydroxyl groups excluding tert-OH is 1. The van der Waals surface area contributed by atoms with Crippen LogP contribution in [0.4, 0.5) is 0 Å². The van der Waals surface area contributed by atoms with Crippen LogP contribution in [0.5, 0.6) is 0 Å². The summed E-state index contributed by atoms with van der Waals surface area (Å²) in [5, 5.41) is 9.00. The van der Waals surface area contributed by atoms with Crippen LogP contribution in [0.1, 0.15) is 46.5 Å². The van der Waals surface area contributed by atoms with E-state index in [1.807, 2.05) is 0 Å². The van der Waals surface area contributed by atoms with Gasteiger partial charge in [0.15, 0.2) is 0 Å². The van der Waals surface area contributed by atoms with Crippen molar-refractivity contribution in [1.29, 1.82) is 0 Å². The first kappa shape index (κ1) is 11.0. The fourth-order valence-corrected chi connectivity index (χ4v) is 1.47. The van der Waals surface area contributed by atoms with Crippen LogP contribution in [0.2, 0.25) is 0 Å². The van der Waals surface area contributed by atoms with E-state index in [1.54, 1.807) is 0 Å². The lowest BCUT2D eigenvalue weighted by atomic mass is 9.88. The van der Waals surface area contributed by atoms with Crippen LogP contribution in [0.15, 0.2) is 0 Å². The summed E-state index contributed by atoms with van der Waals surface area (Å²) in [7, 11) is 0. The monoisotopic (exact) mass is 158 g/mol. The number of hydrogen-bond acceptors (Lipinski definition) is 1. The highest BCUT2D eigenvalue weighted by Crippen LogP contribution is 2.20. The lowest BCUT2D eigenvalue weighted by molar-refractivity contribution is 0.171. The average Bonchev–Trinajstić information content (AvgIpc) is 2.03. The largest absolute Gasteiger partial charge is 0.396 e. The van der Waals surface area contributed by atoms with E-state index in [0.29, 0.717) is 18.4 Å². The Labute approximate surface area is 70.8 Å². The van der Waals surface area contributed by atoms with Gasteiger partial charge in [-0.2, -0.15) is 0 Å². The minimum absolute atomic E-state index is 0.362. The minimum atomic E-state index is 0.362. The third-order valence-corrected chi connectivity index (χ3v) is 2.58. The molecule has 0 rings (SSSR count). The van der Waals surface area contributed by atoms with Crippen molar-refractivity contribution >= 4 is 0 Å². The van der Waals surface area contributed by atoms with Gasteiger partial charge in [0.25, 0.3) is 0 Å². The summed E-state index contributed by atoms with van der Waals surface area (Å²) in [4.78, 5) is 0. The molecule has 0 aromatic carbocycles. The first-order valence-corrected chi connectivity index (χ1v) is 4.87. The maximum absolute atomic E-state index is 9.00. The quantitative estimate of drug-likeness (QED) is 0.630. The van der Waals surface area contributed by atoms with Gasteiger partial charge in [-0.3, -0.25) is 0 Å². The van der Waals surface area contributed by atoms with Crippen LogP contribution < -0.4 is 0 Å². The molecular formula is C10H22O. The molecule has 0 fully saturated rings. The molecule has 0 radical (unpaired) electrons. The van der Waals surface area contributed by atoms with Crippen molar-refractivity contribution in [3.63, 3.8) is 0 Å². The van der Waals surface area contributed by atoms with Gasteiger partial charge in [-0.05, 0) is 11.8 Å². The topological polar surface area (TPSA) is 20.2 Å². The van der Waals surface area contributed by atoms with Gasteiger partial charge in [-0.1, -0.05) is 46.5 Å². The van der Waals surface area contributed by atoms with Crippen LogP contribution in [0, 0.1) is 11.8 Å². The Morgan fingerprint density at radius 1 is 1.27 bits per heavy atom. The Morgan fingerprint density at radius 3 is 2.27 bits per heavy atom. The van der Waals surface area contributed by atoms with Gasteiger partial charge in [0.2, 0.25) is 0 Å². The SMILES string of the molecule is CCCC[C@@H](C)[C@H](CC)CO. The predicted molar refractivity (Wildman–Crippen MR) is 49.6 cm³/mol. The fourth-order valence-electron chi connectivity index (χ4n) is 1.47. The van der Waals surface area contributed by atoms with Gasteiger partial charge in [0.1, 0.15) is 0 Å². The average molecular weight is 158 g/mol. The second-order valence-corrected chi connectivity index (χ2v) is 3.47. The molecule has 68 valence electrons. The standard InChI is InChI=1S/C10H22O/c1-4-6-7-9(3)10(5-2)8-11/h9-11H,4-8H2,1-3H3/t9-,10-/m1/s1. The highest BCUT2D eigenvalue weighted by atomic mass is 16.3. The van der Waals surface area contributed by atoms with Crippen molar-refractivity contribution in [3.05, 3.63) is 0 Å². The summed E-state index contributed by atoms with van der Waals surface area (Å²) in [5.74, 6) is 1.23. The normalized spacial score (nSPS) is 16.4. The zero-order valence-corrected chi connectivity index (χ0v) is 8.14. The Kier molecular flexibility index (Phi) is 6.63. The van der Waals surface area contributed by atoms with Crippen LogP contribution in [0.25, 0.3) is 0 Å². The molecule has 0 unspecified atom stereocenters. The van der Waals surface area contributed by atoms with Crippen LogP contribution >= 0.6 is 0 Å². The fraction of sp³-hybridized carbons (Fsp3) is 1.00. The highest BCUT2D eigenvalue weighted by Gasteiger charge is 2.12. The van der Waals surface area contributed by atoms with Crippen LogP contribution in [-0.4, -0.2) is 11.7 Å². The van der Waals surface area contributed by atoms with Crippen molar-refractivity contribution in [2.24, 2.45) is 11.8 Å². The maximum atomic E-state index is 9.00. The number of rotatable bonds is 6. The van der Waals surface area contributed by atoms with Crippen molar-refractivity contribution in [2.45, 2.75) is 46.5 Å². The van der Waals surface area contributed by atoms with Gasteiger partial charge in [-0.15, -0.1) is 0 Å². The molecule has 1 heteroatoms. The summed E-state index contributed by atoms with van der Waals surface area (Å²) >= 11 is 0. The summed E-state index contributed by atoms with van der Waals surface area (Å²) in [5.41, 5.74) is 0. The molecule has 2 atom stereocenters. The maximum Gasteiger partial charge on any atom is 0.0461 e. The second-order valence-electron chi connectivity index (χ2n) is 3.47. The van der Waals surface area contributed by atoms with E-state index in [-0.39, 0.29) is 0 Å². The smallest absolute Gasteiger partial charge is 0.0461 e. The van der Waals surface area contributed by atoms with Crippen LogP contribution in [0.3, 0.4) is 0 Å². The van der Waals surface area contributed by atoms with E-state index in [0.717, 1.165) is 6.42 Å². The molecule has 0 aliphatic carbocycles. The van der Waals surface area contributed by atoms with Gasteiger partial charge < -0.3 is 5.11 Å². The Balaban J connectivity index is 3.51. The molecule has 0 saturated carbocycles. The van der Waals surface area contributed by atoms with E-state index < -0.39 is 0 Å². The Hall–Kier alpha value is -0.0400. The van der Waals surface area contributed by atoms with Gasteiger partial charge in [0, 0.05) is 6.61 Å². The number of aliphatic hydroxyl groups is 1. The van der Waals surface area contributed by atoms with Crippen molar-refractivity contribution in [2.75, 3.05) is 6.61 Å². The zero-order chi connectivity index (χ0) is 8.69. The first-order valence-electron chi connectivity index (χ1n) is 4.87. The molecular weight excluding hydrogens is 136 g/mol. The summed E-state index contributed by atoms with van der Waals surface area (Å²) < 4.78 is 0. The van der Waals surface area contributed by atoms with E-state index in [2.05, 4.69) is 20.8 Å². The Bertz CT molecular complexity index is 76.9. The molecule has 11 heavy (non-hydrogen) atoms. The van der Waals surface area contributed by atoms with E-state index in [9.17, 15) is 0 Å². The van der Waals surface area contributed by atoms with Gasteiger partial charge in [-0.25, -0.2) is 0 Å². The lowest BCUT2D eigenvalue weighted by Crippen LogP contribution is -2.14. The molecule has 0 aromatic rings. The van der Waals surface area contributed by atoms with E-state index >= 15 is 0 Å². The first-order chi connectivity index (χ1) is 5.26. The molecule has 1 nitrogen and oxygen atoms in total. The summed E-state index contributed by atoms with van der Waals surface area (Å²) in [6, 6.07) is 0. The summed E-state index contributed by atoms with van der Waals surface area (Å²) in [6.07, 6.45) is 4.96. The molecule has 1 N–H and O–H groups in total. The van der Waals surface area contributed by atoms with Gasteiger partial charge in [0.05, 0.1) is 0 Å². The summed E-state index contributed by atoms with van der Waals surface area (Å²) in [6.45, 7) is 6.98. The molecule has 0 aromatic heterocycles. The van der Waals surface area contributed by atoms with E-state index in [1.165, 1.54) is 19.3 Å². The minimum Gasteiger partial charge on any atom is -0.396 e. The third kappa shape index (κ3) is 4.41. The molecule has 0 aliphatic rings. The molecule has 0 aliphatic heterocycles. The van der Waals surface area contributed by atoms with Gasteiger partial charge >= 0.3 is 0 Å². The molecule has 0 saturated heterocycles. The van der Waals surface area contributed by atoms with Crippen molar-refractivity contribution in [3.8, 4) is 0 Å². The number of hydrogen-bond donors (Lipinski definition) is 1. The molecule has 0 heterocycles. The zero-order valence-electron chi connectivity index (χ0n) is 8.14. The lowest BCUT2D eigenvalue weighted by Gasteiger charge is -2.19.